The molecule has 122 valence electrons. The van der Waals surface area contributed by atoms with Gasteiger partial charge in [0, 0.05) is 18.3 Å². The highest BCUT2D eigenvalue weighted by Gasteiger charge is 2.32. The molecular formula is C17H16F4N2. The van der Waals surface area contributed by atoms with Gasteiger partial charge in [-0.3, -0.25) is 9.88 Å². The molecule has 1 aromatic heterocycles. The van der Waals surface area contributed by atoms with Gasteiger partial charge in [0.25, 0.3) is 0 Å². The number of pyridine rings is 1. The van der Waals surface area contributed by atoms with E-state index >= 15 is 0 Å². The fourth-order valence-electron chi connectivity index (χ4n) is 3.01. The first-order valence-electron chi connectivity index (χ1n) is 7.46. The second-order valence-corrected chi connectivity index (χ2v) is 5.69. The molecule has 0 spiro atoms. The molecule has 2 aromatic rings. The van der Waals surface area contributed by atoms with E-state index in [4.69, 9.17) is 0 Å². The summed E-state index contributed by atoms with van der Waals surface area (Å²) in [5, 5.41) is 0. The summed E-state index contributed by atoms with van der Waals surface area (Å²) in [5.41, 5.74) is 0.127. The van der Waals surface area contributed by atoms with Crippen molar-refractivity contribution in [3.8, 4) is 0 Å². The smallest absolute Gasteiger partial charge is 0.290 e. The average molecular weight is 324 g/mol. The van der Waals surface area contributed by atoms with Crippen molar-refractivity contribution < 1.29 is 17.6 Å². The van der Waals surface area contributed by atoms with Crippen LogP contribution >= 0.6 is 0 Å². The lowest BCUT2D eigenvalue weighted by atomic mass is 10.1. The summed E-state index contributed by atoms with van der Waals surface area (Å²) in [5.74, 6) is -0.607. The molecule has 1 fully saturated rings. The Morgan fingerprint density at radius 1 is 1.17 bits per heavy atom. The number of benzene rings is 1. The quantitative estimate of drug-likeness (QED) is 0.769. The van der Waals surface area contributed by atoms with E-state index in [1.165, 1.54) is 0 Å². The van der Waals surface area contributed by atoms with Gasteiger partial charge in [0.05, 0.1) is 17.3 Å². The lowest BCUT2D eigenvalue weighted by Crippen LogP contribution is -2.24. The minimum Gasteiger partial charge on any atom is -0.290 e. The largest absolute Gasteiger partial charge is 0.416 e. The highest BCUT2D eigenvalue weighted by molar-refractivity contribution is 5.27. The van der Waals surface area contributed by atoms with Crippen LogP contribution in [0.4, 0.5) is 17.6 Å². The van der Waals surface area contributed by atoms with Gasteiger partial charge in [0.15, 0.2) is 0 Å². The number of halogens is 4. The maximum atomic E-state index is 13.9. The molecule has 1 aliphatic rings. The molecule has 1 aliphatic heterocycles. The molecule has 1 atom stereocenters. The van der Waals surface area contributed by atoms with Gasteiger partial charge in [-0.2, -0.15) is 13.2 Å². The van der Waals surface area contributed by atoms with E-state index in [9.17, 15) is 17.6 Å². The number of likely N-dealkylation sites (tertiary alicyclic amines) is 1. The normalized spacial score (nSPS) is 19.2. The lowest BCUT2D eigenvalue weighted by molar-refractivity contribution is -0.137. The van der Waals surface area contributed by atoms with Crippen molar-refractivity contribution in [2.45, 2.75) is 31.6 Å². The van der Waals surface area contributed by atoms with Gasteiger partial charge in [-0.05, 0) is 49.7 Å². The van der Waals surface area contributed by atoms with Crippen LogP contribution in [0.2, 0.25) is 0 Å². The average Bonchev–Trinajstić information content (AvgIpc) is 2.97. The third-order valence-corrected chi connectivity index (χ3v) is 4.14. The summed E-state index contributed by atoms with van der Waals surface area (Å²) in [7, 11) is 0. The van der Waals surface area contributed by atoms with E-state index in [1.54, 1.807) is 6.20 Å². The van der Waals surface area contributed by atoms with Crippen molar-refractivity contribution in [3.05, 3.63) is 65.2 Å². The summed E-state index contributed by atoms with van der Waals surface area (Å²) < 4.78 is 52.4. The first kappa shape index (κ1) is 15.9. The Morgan fingerprint density at radius 3 is 2.70 bits per heavy atom. The predicted octanol–water partition coefficient (Wildman–Crippen LogP) is 4.58. The minimum atomic E-state index is -4.46. The molecule has 3 rings (SSSR count). The summed E-state index contributed by atoms with van der Waals surface area (Å²) in [4.78, 5) is 6.30. The van der Waals surface area contributed by atoms with E-state index < -0.39 is 17.6 Å². The van der Waals surface area contributed by atoms with Crippen molar-refractivity contribution >= 4 is 0 Å². The van der Waals surface area contributed by atoms with Crippen LogP contribution < -0.4 is 0 Å². The molecule has 0 bridgehead atoms. The van der Waals surface area contributed by atoms with E-state index in [0.29, 0.717) is 0 Å². The molecular weight excluding hydrogens is 308 g/mol. The van der Waals surface area contributed by atoms with Crippen molar-refractivity contribution in [3.63, 3.8) is 0 Å². The minimum absolute atomic E-state index is 0.0187. The number of hydrogen-bond acceptors (Lipinski definition) is 2. The summed E-state index contributed by atoms with van der Waals surface area (Å²) >= 11 is 0. The number of rotatable bonds is 3. The third-order valence-electron chi connectivity index (χ3n) is 4.14. The van der Waals surface area contributed by atoms with Crippen LogP contribution in [0.15, 0.2) is 42.6 Å². The standard InChI is InChI=1S/C17H16F4N2/c18-14-7-6-13(17(19,20)21)10-12(14)11-23-9-3-5-16(23)15-4-1-2-8-22-15/h1-2,4,6-8,10,16H,3,5,9,11H2/t16-/m1/s1. The Labute approximate surface area is 131 Å². The monoisotopic (exact) mass is 324 g/mol. The first-order chi connectivity index (χ1) is 10.9. The number of alkyl halides is 3. The van der Waals surface area contributed by atoms with Crippen molar-refractivity contribution in [1.29, 1.82) is 0 Å². The Kier molecular flexibility index (Phi) is 4.35. The molecule has 2 heterocycles. The zero-order chi connectivity index (χ0) is 16.4. The highest BCUT2D eigenvalue weighted by Crippen LogP contribution is 2.34. The Balaban J connectivity index is 1.84. The maximum absolute atomic E-state index is 13.9. The third kappa shape index (κ3) is 3.52. The van der Waals surface area contributed by atoms with Gasteiger partial charge >= 0.3 is 6.18 Å². The second-order valence-electron chi connectivity index (χ2n) is 5.69. The van der Waals surface area contributed by atoms with Gasteiger partial charge in [-0.25, -0.2) is 4.39 Å². The Morgan fingerprint density at radius 2 is 2.00 bits per heavy atom. The zero-order valence-electron chi connectivity index (χ0n) is 12.4. The highest BCUT2D eigenvalue weighted by atomic mass is 19.4. The van der Waals surface area contributed by atoms with Crippen molar-refractivity contribution in [1.82, 2.24) is 9.88 Å². The number of nitrogens with zero attached hydrogens (tertiary/aromatic N) is 2. The molecule has 0 radical (unpaired) electrons. The molecule has 6 heteroatoms. The van der Waals surface area contributed by atoms with Crippen molar-refractivity contribution in [2.24, 2.45) is 0 Å². The maximum Gasteiger partial charge on any atom is 0.416 e. The summed E-state index contributed by atoms with van der Waals surface area (Å²) in [6, 6.07) is 8.18. The van der Waals surface area contributed by atoms with Crippen LogP contribution in [0, 0.1) is 5.82 Å². The van der Waals surface area contributed by atoms with Crippen LogP contribution in [0.3, 0.4) is 0 Å². The van der Waals surface area contributed by atoms with Crippen LogP contribution in [0.25, 0.3) is 0 Å². The molecule has 23 heavy (non-hydrogen) atoms. The van der Waals surface area contributed by atoms with Gasteiger partial charge in [-0.15, -0.1) is 0 Å². The number of hydrogen-bond donors (Lipinski definition) is 0. The summed E-state index contributed by atoms with van der Waals surface area (Å²) in [6.45, 7) is 0.869. The molecule has 0 unspecified atom stereocenters. The topological polar surface area (TPSA) is 16.1 Å². The van der Waals surface area contributed by atoms with E-state index in [-0.39, 0.29) is 18.2 Å². The van der Waals surface area contributed by atoms with Crippen LogP contribution in [0.1, 0.15) is 35.7 Å². The zero-order valence-corrected chi connectivity index (χ0v) is 12.4. The predicted molar refractivity (Wildman–Crippen MR) is 78.0 cm³/mol. The molecule has 0 saturated carbocycles. The van der Waals surface area contributed by atoms with Crippen LogP contribution in [0.5, 0.6) is 0 Å². The SMILES string of the molecule is Fc1ccc(C(F)(F)F)cc1CN1CCC[C@@H]1c1ccccn1. The van der Waals surface area contributed by atoms with E-state index in [0.717, 1.165) is 43.3 Å². The molecule has 0 aliphatic carbocycles. The molecule has 0 N–H and O–H groups in total. The van der Waals surface area contributed by atoms with E-state index in [2.05, 4.69) is 4.98 Å². The van der Waals surface area contributed by atoms with E-state index in [1.807, 2.05) is 23.1 Å². The Bertz CT molecular complexity index is 670. The number of aromatic nitrogens is 1. The van der Waals surface area contributed by atoms with Crippen LogP contribution in [-0.4, -0.2) is 16.4 Å². The molecule has 1 aromatic carbocycles. The fourth-order valence-corrected chi connectivity index (χ4v) is 3.01. The first-order valence-corrected chi connectivity index (χ1v) is 7.46. The van der Waals surface area contributed by atoms with Crippen LogP contribution in [-0.2, 0) is 12.7 Å². The fraction of sp³-hybridized carbons (Fsp3) is 0.353. The molecule has 1 saturated heterocycles. The van der Waals surface area contributed by atoms with Gasteiger partial charge < -0.3 is 0 Å². The Hall–Kier alpha value is -1.95. The van der Waals surface area contributed by atoms with Gasteiger partial charge in [0.2, 0.25) is 0 Å². The van der Waals surface area contributed by atoms with Gasteiger partial charge in [-0.1, -0.05) is 6.07 Å². The lowest BCUT2D eigenvalue weighted by Gasteiger charge is -2.24. The second kappa shape index (κ2) is 6.28. The molecule has 0 amide bonds. The molecule has 2 nitrogen and oxygen atoms in total. The summed E-state index contributed by atoms with van der Waals surface area (Å²) in [6.07, 6.45) is -0.982. The van der Waals surface area contributed by atoms with Gasteiger partial charge in [0.1, 0.15) is 5.82 Å². The van der Waals surface area contributed by atoms with Crippen molar-refractivity contribution in [2.75, 3.05) is 6.54 Å².